The van der Waals surface area contributed by atoms with Gasteiger partial charge in [0.15, 0.2) is 0 Å². The molecule has 0 radical (unpaired) electrons. The number of nitrogens with zero attached hydrogens (tertiary/aromatic N) is 3. The third kappa shape index (κ3) is 2.38. The van der Waals surface area contributed by atoms with E-state index in [9.17, 15) is 4.79 Å². The molecular weight excluding hydrogens is 230 g/mol. The highest BCUT2D eigenvalue weighted by Crippen LogP contribution is 2.23. The molecule has 2 aromatic rings. The van der Waals surface area contributed by atoms with E-state index in [0.29, 0.717) is 11.2 Å². The van der Waals surface area contributed by atoms with Crippen LogP contribution in [0.4, 0.5) is 5.69 Å². The van der Waals surface area contributed by atoms with Gasteiger partial charge in [0.25, 0.3) is 0 Å². The summed E-state index contributed by atoms with van der Waals surface area (Å²) in [7, 11) is 0. The molecule has 5 heteroatoms. The van der Waals surface area contributed by atoms with Crippen molar-refractivity contribution in [2.45, 2.75) is 0 Å². The van der Waals surface area contributed by atoms with Crippen LogP contribution in [0.15, 0.2) is 30.5 Å². The number of terminal acetylenes is 1. The van der Waals surface area contributed by atoms with Crippen LogP contribution in [0, 0.1) is 12.3 Å². The van der Waals surface area contributed by atoms with Crippen molar-refractivity contribution in [1.29, 1.82) is 0 Å². The monoisotopic (exact) mass is 241 g/mol. The fraction of sp³-hybridized carbons (Fsp3) is 0.154. The van der Waals surface area contributed by atoms with Crippen molar-refractivity contribution < 1.29 is 9.90 Å². The van der Waals surface area contributed by atoms with Crippen LogP contribution in [0.2, 0.25) is 0 Å². The number of anilines is 1. The first-order chi connectivity index (χ1) is 8.72. The van der Waals surface area contributed by atoms with Crippen molar-refractivity contribution in [2.24, 2.45) is 0 Å². The highest BCUT2D eigenvalue weighted by atomic mass is 16.4. The van der Waals surface area contributed by atoms with Crippen molar-refractivity contribution in [2.75, 3.05) is 18.0 Å². The fourth-order valence-electron chi connectivity index (χ4n) is 1.74. The summed E-state index contributed by atoms with van der Waals surface area (Å²) in [5.74, 6) is 1.51. The van der Waals surface area contributed by atoms with E-state index in [0.717, 1.165) is 5.39 Å². The van der Waals surface area contributed by atoms with E-state index in [2.05, 4.69) is 16.1 Å². The maximum Gasteiger partial charge on any atom is 0.323 e. The van der Waals surface area contributed by atoms with Gasteiger partial charge in [0, 0.05) is 5.39 Å². The third-order valence-electron chi connectivity index (χ3n) is 2.47. The summed E-state index contributed by atoms with van der Waals surface area (Å²) in [6.07, 6.45) is 6.80. The summed E-state index contributed by atoms with van der Waals surface area (Å²) in [6.45, 7) is 0.0435. The minimum absolute atomic E-state index is 0.167. The maximum absolute atomic E-state index is 10.8. The molecule has 1 N–H and O–H groups in total. The molecule has 0 unspecified atom stereocenters. The zero-order valence-electron chi connectivity index (χ0n) is 9.58. The highest BCUT2D eigenvalue weighted by Gasteiger charge is 2.13. The first-order valence-electron chi connectivity index (χ1n) is 5.33. The predicted octanol–water partition coefficient (Wildman–Crippen LogP) is 1.15. The summed E-state index contributed by atoms with van der Waals surface area (Å²) < 4.78 is 0. The summed E-state index contributed by atoms with van der Waals surface area (Å²) in [5, 5.41) is 17.6. The van der Waals surface area contributed by atoms with E-state index in [1.54, 1.807) is 4.90 Å². The number of hydrogen-bond donors (Lipinski definition) is 1. The van der Waals surface area contributed by atoms with Crippen LogP contribution in [-0.2, 0) is 4.79 Å². The molecule has 0 saturated carbocycles. The molecule has 0 saturated heterocycles. The second-order valence-electron chi connectivity index (χ2n) is 3.70. The van der Waals surface area contributed by atoms with Crippen LogP contribution >= 0.6 is 0 Å². The molecule has 5 nitrogen and oxygen atoms in total. The molecule has 1 aromatic carbocycles. The molecule has 1 heterocycles. The summed E-state index contributed by atoms with van der Waals surface area (Å²) in [5.41, 5.74) is 1.39. The number of carboxylic acid groups (broad SMARTS) is 1. The van der Waals surface area contributed by atoms with E-state index in [1.165, 1.54) is 6.20 Å². The Balaban J connectivity index is 2.50. The van der Waals surface area contributed by atoms with Crippen molar-refractivity contribution in [3.05, 3.63) is 30.5 Å². The number of carbonyl (C=O) groups is 1. The van der Waals surface area contributed by atoms with E-state index < -0.39 is 5.97 Å². The van der Waals surface area contributed by atoms with Gasteiger partial charge in [-0.1, -0.05) is 24.1 Å². The van der Waals surface area contributed by atoms with Gasteiger partial charge in [0.1, 0.15) is 6.54 Å². The minimum atomic E-state index is -0.939. The van der Waals surface area contributed by atoms with Crippen molar-refractivity contribution in [3.63, 3.8) is 0 Å². The topological polar surface area (TPSA) is 66.3 Å². The standard InChI is InChI=1S/C13H11N3O2/c1-2-7-16(9-13(17)18)12-8-14-15-11-6-4-3-5-10(11)12/h1,3-6,8H,7,9H2,(H,17,18). The molecule has 90 valence electrons. The Kier molecular flexibility index (Phi) is 3.39. The molecule has 0 aliphatic heterocycles. The third-order valence-corrected chi connectivity index (χ3v) is 2.47. The van der Waals surface area contributed by atoms with Gasteiger partial charge in [-0.25, -0.2) is 0 Å². The molecule has 0 aliphatic rings. The van der Waals surface area contributed by atoms with Crippen LogP contribution in [0.5, 0.6) is 0 Å². The molecule has 0 amide bonds. The van der Waals surface area contributed by atoms with Crippen LogP contribution in [0.25, 0.3) is 10.9 Å². The largest absolute Gasteiger partial charge is 0.480 e. The van der Waals surface area contributed by atoms with Crippen molar-refractivity contribution in [1.82, 2.24) is 10.2 Å². The Bertz CT molecular complexity index is 614. The SMILES string of the molecule is C#CCN(CC(=O)O)c1cnnc2ccccc12. The van der Waals surface area contributed by atoms with Crippen LogP contribution in [-0.4, -0.2) is 34.4 Å². The summed E-state index contributed by atoms with van der Waals surface area (Å²) >= 11 is 0. The number of hydrogen-bond acceptors (Lipinski definition) is 4. The van der Waals surface area contributed by atoms with Crippen molar-refractivity contribution >= 4 is 22.6 Å². The number of aliphatic carboxylic acids is 1. The predicted molar refractivity (Wildman–Crippen MR) is 68.2 cm³/mol. The average molecular weight is 241 g/mol. The Morgan fingerprint density at radius 2 is 2.22 bits per heavy atom. The average Bonchev–Trinajstić information content (AvgIpc) is 2.37. The normalized spacial score (nSPS) is 9.94. The van der Waals surface area contributed by atoms with Gasteiger partial charge in [-0.2, -0.15) is 10.2 Å². The second kappa shape index (κ2) is 5.15. The van der Waals surface area contributed by atoms with Gasteiger partial charge in [0.05, 0.1) is 23.9 Å². The number of fused-ring (bicyclic) bond motifs is 1. The molecule has 1 aromatic heterocycles. The lowest BCUT2D eigenvalue weighted by Gasteiger charge is -2.20. The van der Waals surface area contributed by atoms with Gasteiger partial charge >= 0.3 is 5.97 Å². The van der Waals surface area contributed by atoms with E-state index >= 15 is 0 Å². The zero-order valence-corrected chi connectivity index (χ0v) is 9.58. The van der Waals surface area contributed by atoms with E-state index in [1.807, 2.05) is 24.3 Å². The Labute approximate surface area is 104 Å². The molecule has 0 bridgehead atoms. The lowest BCUT2D eigenvalue weighted by Crippen LogP contribution is -2.30. The lowest BCUT2D eigenvalue weighted by atomic mass is 10.2. The van der Waals surface area contributed by atoms with Crippen LogP contribution in [0.1, 0.15) is 0 Å². The van der Waals surface area contributed by atoms with Gasteiger partial charge in [-0.15, -0.1) is 6.42 Å². The molecule has 0 aliphatic carbocycles. The first-order valence-corrected chi connectivity index (χ1v) is 5.33. The number of carboxylic acids is 1. The van der Waals surface area contributed by atoms with Crippen LogP contribution in [0.3, 0.4) is 0 Å². The lowest BCUT2D eigenvalue weighted by molar-refractivity contribution is -0.135. The van der Waals surface area contributed by atoms with Crippen LogP contribution < -0.4 is 4.90 Å². The smallest absolute Gasteiger partial charge is 0.323 e. The van der Waals surface area contributed by atoms with Gasteiger partial charge in [-0.05, 0) is 6.07 Å². The summed E-state index contributed by atoms with van der Waals surface area (Å²) in [4.78, 5) is 12.4. The van der Waals surface area contributed by atoms with E-state index in [4.69, 9.17) is 11.5 Å². The number of rotatable bonds is 4. The zero-order chi connectivity index (χ0) is 13.0. The Morgan fingerprint density at radius 1 is 1.44 bits per heavy atom. The number of benzene rings is 1. The van der Waals surface area contributed by atoms with Gasteiger partial charge < -0.3 is 10.0 Å². The molecule has 0 atom stereocenters. The maximum atomic E-state index is 10.8. The Morgan fingerprint density at radius 3 is 2.94 bits per heavy atom. The number of aromatic nitrogens is 2. The second-order valence-corrected chi connectivity index (χ2v) is 3.70. The first kappa shape index (κ1) is 11.9. The summed E-state index contributed by atoms with van der Waals surface area (Å²) in [6, 6.07) is 7.40. The van der Waals surface area contributed by atoms with E-state index in [-0.39, 0.29) is 13.1 Å². The molecule has 18 heavy (non-hydrogen) atoms. The molecular formula is C13H11N3O2. The highest BCUT2D eigenvalue weighted by molar-refractivity contribution is 5.92. The van der Waals surface area contributed by atoms with Crippen molar-refractivity contribution in [3.8, 4) is 12.3 Å². The fourth-order valence-corrected chi connectivity index (χ4v) is 1.74. The van der Waals surface area contributed by atoms with Gasteiger partial charge in [-0.3, -0.25) is 4.79 Å². The molecule has 2 rings (SSSR count). The quantitative estimate of drug-likeness (QED) is 0.813. The minimum Gasteiger partial charge on any atom is -0.480 e. The Hall–Kier alpha value is -2.61. The molecule has 0 spiro atoms. The van der Waals surface area contributed by atoms with Gasteiger partial charge in [0.2, 0.25) is 0 Å². The molecule has 0 fully saturated rings.